The van der Waals surface area contributed by atoms with E-state index in [0.717, 1.165) is 24.8 Å². The van der Waals surface area contributed by atoms with Gasteiger partial charge >= 0.3 is 0 Å². The van der Waals surface area contributed by atoms with Crippen molar-refractivity contribution in [1.82, 2.24) is 14.7 Å². The first-order chi connectivity index (χ1) is 11.2. The monoisotopic (exact) mass is 307 g/mol. The van der Waals surface area contributed by atoms with Gasteiger partial charge in [0.25, 0.3) is 0 Å². The van der Waals surface area contributed by atoms with Crippen LogP contribution in [0.25, 0.3) is 5.57 Å². The third-order valence-electron chi connectivity index (χ3n) is 4.94. The summed E-state index contributed by atoms with van der Waals surface area (Å²) in [5.41, 5.74) is 3.68. The molecule has 2 unspecified atom stereocenters. The van der Waals surface area contributed by atoms with Gasteiger partial charge in [0.2, 0.25) is 5.91 Å². The standard InChI is InChI=1S/C19H21N3O/c1-21-13-14(12-20-21)9-19(23)22-17-7-8-18(22)11-16(10-17)15-5-3-2-4-6-15/h2-6,10,12-13,17-18H,7-9,11H2,1H3. The molecule has 4 rings (SSSR count). The summed E-state index contributed by atoms with van der Waals surface area (Å²) in [5, 5.41) is 4.15. The molecule has 0 N–H and O–H groups in total. The first kappa shape index (κ1) is 14.2. The number of hydrogen-bond donors (Lipinski definition) is 0. The Bertz CT molecular complexity index is 747. The SMILES string of the molecule is Cn1cc(CC(=O)N2C3C=C(c4ccccc4)CC2CC3)cn1. The molecule has 2 aromatic rings. The molecule has 118 valence electrons. The van der Waals surface area contributed by atoms with Crippen molar-refractivity contribution in [3.63, 3.8) is 0 Å². The minimum absolute atomic E-state index is 0.230. The van der Waals surface area contributed by atoms with Crippen molar-refractivity contribution in [1.29, 1.82) is 0 Å². The van der Waals surface area contributed by atoms with Crippen LogP contribution in [0.2, 0.25) is 0 Å². The quantitative estimate of drug-likeness (QED) is 0.874. The summed E-state index contributed by atoms with van der Waals surface area (Å²) >= 11 is 0. The van der Waals surface area contributed by atoms with E-state index in [4.69, 9.17) is 0 Å². The molecule has 1 amide bonds. The number of rotatable bonds is 3. The van der Waals surface area contributed by atoms with Crippen molar-refractivity contribution in [2.45, 2.75) is 37.8 Å². The van der Waals surface area contributed by atoms with E-state index in [1.807, 2.05) is 19.3 Å². The van der Waals surface area contributed by atoms with Gasteiger partial charge in [-0.05, 0) is 36.0 Å². The molecule has 0 radical (unpaired) electrons. The van der Waals surface area contributed by atoms with Crippen LogP contribution in [0, 0.1) is 0 Å². The molecular weight excluding hydrogens is 286 g/mol. The number of carbonyl (C=O) groups is 1. The zero-order chi connectivity index (χ0) is 15.8. The number of nitrogens with zero attached hydrogens (tertiary/aromatic N) is 3. The molecular formula is C19H21N3O. The van der Waals surface area contributed by atoms with Crippen LogP contribution in [-0.4, -0.2) is 32.7 Å². The van der Waals surface area contributed by atoms with Gasteiger partial charge in [-0.3, -0.25) is 9.48 Å². The van der Waals surface area contributed by atoms with Gasteiger partial charge in [-0.2, -0.15) is 5.10 Å². The Morgan fingerprint density at radius 3 is 2.78 bits per heavy atom. The second-order valence-corrected chi connectivity index (χ2v) is 6.56. The third kappa shape index (κ3) is 2.69. The maximum absolute atomic E-state index is 12.7. The van der Waals surface area contributed by atoms with Gasteiger partial charge in [0.1, 0.15) is 0 Å². The third-order valence-corrected chi connectivity index (χ3v) is 4.94. The lowest BCUT2D eigenvalue weighted by Gasteiger charge is -2.34. The van der Waals surface area contributed by atoms with Crippen LogP contribution in [0.1, 0.15) is 30.4 Å². The number of aromatic nitrogens is 2. The van der Waals surface area contributed by atoms with Crippen LogP contribution in [0.4, 0.5) is 0 Å². The Hall–Kier alpha value is -2.36. The Labute approximate surface area is 136 Å². The second kappa shape index (κ2) is 5.69. The number of aryl methyl sites for hydroxylation is 1. The van der Waals surface area contributed by atoms with E-state index in [2.05, 4.69) is 40.3 Å². The zero-order valence-corrected chi connectivity index (χ0v) is 13.4. The lowest BCUT2D eigenvalue weighted by Crippen LogP contribution is -2.43. The maximum Gasteiger partial charge on any atom is 0.227 e. The van der Waals surface area contributed by atoms with E-state index in [-0.39, 0.29) is 11.9 Å². The number of benzene rings is 1. The van der Waals surface area contributed by atoms with E-state index in [1.165, 1.54) is 11.1 Å². The summed E-state index contributed by atoms with van der Waals surface area (Å²) < 4.78 is 1.75. The van der Waals surface area contributed by atoms with Crippen molar-refractivity contribution < 1.29 is 4.79 Å². The maximum atomic E-state index is 12.7. The van der Waals surface area contributed by atoms with E-state index in [9.17, 15) is 4.79 Å². The molecule has 2 bridgehead atoms. The summed E-state index contributed by atoms with van der Waals surface area (Å²) in [6, 6.07) is 11.1. The molecule has 0 saturated carbocycles. The summed E-state index contributed by atoms with van der Waals surface area (Å²) in [4.78, 5) is 14.9. The zero-order valence-electron chi connectivity index (χ0n) is 13.4. The van der Waals surface area contributed by atoms with Crippen molar-refractivity contribution in [3.8, 4) is 0 Å². The summed E-state index contributed by atoms with van der Waals surface area (Å²) in [6.45, 7) is 0. The minimum Gasteiger partial charge on any atom is -0.333 e. The molecule has 1 saturated heterocycles. The van der Waals surface area contributed by atoms with Gasteiger partial charge in [-0.25, -0.2) is 0 Å². The number of hydrogen-bond acceptors (Lipinski definition) is 2. The van der Waals surface area contributed by atoms with E-state index >= 15 is 0 Å². The topological polar surface area (TPSA) is 38.1 Å². The molecule has 4 nitrogen and oxygen atoms in total. The molecule has 2 atom stereocenters. The molecule has 2 aliphatic rings. The Morgan fingerprint density at radius 1 is 1.26 bits per heavy atom. The molecule has 2 aliphatic heterocycles. The summed E-state index contributed by atoms with van der Waals surface area (Å²) in [5.74, 6) is 0.230. The molecule has 0 aliphatic carbocycles. The van der Waals surface area contributed by atoms with Crippen LogP contribution in [0.3, 0.4) is 0 Å². The smallest absolute Gasteiger partial charge is 0.227 e. The lowest BCUT2D eigenvalue weighted by molar-refractivity contribution is -0.132. The Kier molecular flexibility index (Phi) is 3.52. The average molecular weight is 307 g/mol. The van der Waals surface area contributed by atoms with E-state index in [1.54, 1.807) is 10.9 Å². The summed E-state index contributed by atoms with van der Waals surface area (Å²) in [6.07, 6.45) is 9.63. The fraction of sp³-hybridized carbons (Fsp3) is 0.368. The molecule has 1 fully saturated rings. The number of amides is 1. The van der Waals surface area contributed by atoms with Crippen LogP contribution in [0.15, 0.2) is 48.8 Å². The number of carbonyl (C=O) groups excluding carboxylic acids is 1. The highest BCUT2D eigenvalue weighted by Gasteiger charge is 2.39. The Balaban J connectivity index is 1.53. The second-order valence-electron chi connectivity index (χ2n) is 6.56. The fourth-order valence-electron chi connectivity index (χ4n) is 3.91. The minimum atomic E-state index is 0.230. The fourth-order valence-corrected chi connectivity index (χ4v) is 3.91. The predicted molar refractivity (Wildman–Crippen MR) is 89.6 cm³/mol. The predicted octanol–water partition coefficient (Wildman–Crippen LogP) is 2.81. The van der Waals surface area contributed by atoms with Crippen molar-refractivity contribution in [2.75, 3.05) is 0 Å². The first-order valence-electron chi connectivity index (χ1n) is 8.25. The largest absolute Gasteiger partial charge is 0.333 e. The van der Waals surface area contributed by atoms with E-state index < -0.39 is 0 Å². The van der Waals surface area contributed by atoms with Gasteiger partial charge < -0.3 is 4.90 Å². The van der Waals surface area contributed by atoms with Gasteiger partial charge in [-0.15, -0.1) is 0 Å². The van der Waals surface area contributed by atoms with Gasteiger partial charge in [0, 0.05) is 19.3 Å². The van der Waals surface area contributed by atoms with Crippen molar-refractivity contribution in [3.05, 3.63) is 59.9 Å². The van der Waals surface area contributed by atoms with Crippen LogP contribution in [0.5, 0.6) is 0 Å². The molecule has 3 heterocycles. The van der Waals surface area contributed by atoms with Crippen molar-refractivity contribution >= 4 is 11.5 Å². The average Bonchev–Trinajstić information content (AvgIpc) is 3.08. The lowest BCUT2D eigenvalue weighted by atomic mass is 9.94. The highest BCUT2D eigenvalue weighted by molar-refractivity contribution is 5.82. The molecule has 0 spiro atoms. The molecule has 1 aromatic carbocycles. The normalized spacial score (nSPS) is 23.0. The van der Waals surface area contributed by atoms with Gasteiger partial charge in [0.05, 0.1) is 18.7 Å². The van der Waals surface area contributed by atoms with Crippen LogP contribution < -0.4 is 0 Å². The van der Waals surface area contributed by atoms with Crippen molar-refractivity contribution in [2.24, 2.45) is 7.05 Å². The molecule has 23 heavy (non-hydrogen) atoms. The van der Waals surface area contributed by atoms with Crippen LogP contribution >= 0.6 is 0 Å². The molecule has 1 aromatic heterocycles. The highest BCUT2D eigenvalue weighted by Crippen LogP contribution is 2.38. The first-order valence-corrected chi connectivity index (χ1v) is 8.25. The highest BCUT2D eigenvalue weighted by atomic mass is 16.2. The molecule has 4 heteroatoms. The number of fused-ring (bicyclic) bond motifs is 2. The van der Waals surface area contributed by atoms with Gasteiger partial charge in [0.15, 0.2) is 0 Å². The summed E-state index contributed by atoms with van der Waals surface area (Å²) in [7, 11) is 1.88. The van der Waals surface area contributed by atoms with Crippen LogP contribution in [-0.2, 0) is 18.3 Å². The Morgan fingerprint density at radius 2 is 2.09 bits per heavy atom. The van der Waals surface area contributed by atoms with Gasteiger partial charge in [-0.1, -0.05) is 36.4 Å². The van der Waals surface area contributed by atoms with E-state index in [0.29, 0.717) is 12.5 Å².